The molecule has 0 saturated carbocycles. The predicted molar refractivity (Wildman–Crippen MR) is 151 cm³/mol. The van der Waals surface area contributed by atoms with E-state index >= 15 is 0 Å². The van der Waals surface area contributed by atoms with Crippen LogP contribution in [0.1, 0.15) is 35.0 Å². The van der Waals surface area contributed by atoms with Gasteiger partial charge in [-0.05, 0) is 25.5 Å². The van der Waals surface area contributed by atoms with Gasteiger partial charge in [-0.1, -0.05) is 23.1 Å². The number of piperazine rings is 1. The van der Waals surface area contributed by atoms with Crippen LogP contribution >= 0.6 is 0 Å². The second-order valence-electron chi connectivity index (χ2n) is 9.79. The predicted octanol–water partition coefficient (Wildman–Crippen LogP) is -0.424. The fourth-order valence-electron chi connectivity index (χ4n) is 5.13. The highest BCUT2D eigenvalue weighted by molar-refractivity contribution is 6.35. The van der Waals surface area contributed by atoms with Crippen LogP contribution in [-0.2, 0) is 11.3 Å². The molecule has 0 spiro atoms. The first-order chi connectivity index (χ1) is 19.2. The van der Waals surface area contributed by atoms with Gasteiger partial charge in [0.05, 0.1) is 29.1 Å². The molecule has 1 unspecified atom stereocenters. The third kappa shape index (κ3) is 5.14. The van der Waals surface area contributed by atoms with Crippen molar-refractivity contribution in [2.45, 2.75) is 32.9 Å². The van der Waals surface area contributed by atoms with E-state index in [-0.39, 0.29) is 18.6 Å². The van der Waals surface area contributed by atoms with Crippen molar-refractivity contribution >= 4 is 50.7 Å². The summed E-state index contributed by atoms with van der Waals surface area (Å²) in [7, 11) is 12.2. The van der Waals surface area contributed by atoms with Gasteiger partial charge in [0.2, 0.25) is 11.9 Å². The summed E-state index contributed by atoms with van der Waals surface area (Å²) in [5.41, 5.74) is 10.1. The van der Waals surface area contributed by atoms with Gasteiger partial charge in [-0.15, -0.1) is 0 Å². The number of nitrogens with zero attached hydrogens (tertiary/aromatic N) is 9. The molecular weight excluding hydrogens is 506 g/mol. The molecule has 1 saturated heterocycles. The Bertz CT molecular complexity index is 1560. The number of carbonyl (C=O) groups is 2. The number of urea groups is 1. The normalized spacial score (nSPS) is 16.8. The number of nitrogens with two attached hydrogens (primary N) is 1. The van der Waals surface area contributed by atoms with Crippen LogP contribution in [0, 0.1) is 25.2 Å². The summed E-state index contributed by atoms with van der Waals surface area (Å²) in [5.74, 6) is -0.00899. The average molecular weight is 532 g/mol. The molecule has 2 aromatic heterocycles. The molecule has 5 rings (SSSR count). The number of rotatable bonds is 5. The molecule has 0 aliphatic carbocycles. The van der Waals surface area contributed by atoms with Crippen molar-refractivity contribution in [3.8, 4) is 17.3 Å². The molecular formula is C26H26B2N10O2. The zero-order chi connectivity index (χ0) is 28.6. The lowest BCUT2D eigenvalue weighted by molar-refractivity contribution is -0.118. The number of nitriles is 1. The fourth-order valence-corrected chi connectivity index (χ4v) is 5.13. The van der Waals surface area contributed by atoms with E-state index in [1.165, 1.54) is 9.69 Å². The first-order valence-electron chi connectivity index (χ1n) is 12.8. The zero-order valence-electron chi connectivity index (χ0n) is 22.3. The standard InChI is InChI=1S/C26H26B2N10O2/c1-15-23(16(2)37(34-15)14-22(30)39)24-20(28)13-31-25(33-24)35-5-7-36(8-6-35)26(40)38-21(3-4-32-38)18-9-17(12-29)10-19(27)11-18/h4,9-11,13,21H,3,5-8,14H2,1-2H3,(H2,30,39). The van der Waals surface area contributed by atoms with Crippen molar-refractivity contribution in [2.75, 3.05) is 31.1 Å². The Kier molecular flexibility index (Phi) is 7.30. The summed E-state index contributed by atoms with van der Waals surface area (Å²) in [6.45, 7) is 5.51. The maximum Gasteiger partial charge on any atom is 0.341 e. The third-order valence-electron chi connectivity index (χ3n) is 7.08. The Morgan fingerprint density at radius 3 is 2.60 bits per heavy atom. The number of anilines is 1. The van der Waals surface area contributed by atoms with E-state index in [9.17, 15) is 14.9 Å². The zero-order valence-corrected chi connectivity index (χ0v) is 22.3. The monoisotopic (exact) mass is 532 g/mol. The maximum atomic E-state index is 13.4. The van der Waals surface area contributed by atoms with E-state index < -0.39 is 5.91 Å². The minimum Gasteiger partial charge on any atom is -0.368 e. The highest BCUT2D eigenvalue weighted by atomic mass is 16.2. The minimum absolute atomic E-state index is 0.0421. The molecule has 2 aliphatic heterocycles. The summed E-state index contributed by atoms with van der Waals surface area (Å²) in [6.07, 6.45) is 3.80. The summed E-state index contributed by atoms with van der Waals surface area (Å²) >= 11 is 0. The molecule has 1 fully saturated rings. The molecule has 2 aliphatic rings. The molecule has 4 radical (unpaired) electrons. The van der Waals surface area contributed by atoms with Gasteiger partial charge in [-0.25, -0.2) is 19.8 Å². The molecule has 1 aromatic carbocycles. The Hall–Kier alpha value is -4.66. The number of amides is 3. The Morgan fingerprint density at radius 2 is 1.90 bits per heavy atom. The van der Waals surface area contributed by atoms with Gasteiger partial charge in [-0.2, -0.15) is 15.5 Å². The minimum atomic E-state index is -0.494. The SMILES string of the molecule is [B]c1cc(C#N)cc(C2CC=NN2C(=O)N2CCN(c3ncc([B])c(-c4c(C)nn(CC(N)=O)c4C)n3)CC2)c1. The summed E-state index contributed by atoms with van der Waals surface area (Å²) in [6, 6.07) is 6.68. The number of hydrazone groups is 1. The van der Waals surface area contributed by atoms with Crippen molar-refractivity contribution < 1.29 is 9.59 Å². The van der Waals surface area contributed by atoms with Gasteiger partial charge in [0, 0.05) is 56.3 Å². The van der Waals surface area contributed by atoms with Crippen LogP contribution in [0.2, 0.25) is 0 Å². The van der Waals surface area contributed by atoms with Crippen molar-refractivity contribution in [3.63, 3.8) is 0 Å². The largest absolute Gasteiger partial charge is 0.368 e. The molecule has 12 nitrogen and oxygen atoms in total. The first kappa shape index (κ1) is 26.9. The highest BCUT2D eigenvalue weighted by Crippen LogP contribution is 2.30. The first-order valence-corrected chi connectivity index (χ1v) is 12.8. The second-order valence-corrected chi connectivity index (χ2v) is 9.79. The van der Waals surface area contributed by atoms with Crippen molar-refractivity contribution in [2.24, 2.45) is 10.8 Å². The van der Waals surface area contributed by atoms with Crippen LogP contribution in [0.5, 0.6) is 0 Å². The lowest BCUT2D eigenvalue weighted by atomic mass is 9.89. The molecule has 2 N–H and O–H groups in total. The topological polar surface area (TPSA) is 150 Å². The number of benzene rings is 1. The van der Waals surface area contributed by atoms with E-state index in [0.717, 1.165) is 16.8 Å². The number of aromatic nitrogens is 4. The van der Waals surface area contributed by atoms with E-state index in [1.54, 1.807) is 35.5 Å². The van der Waals surface area contributed by atoms with Crippen LogP contribution in [0.4, 0.5) is 10.7 Å². The number of carbonyl (C=O) groups excluding carboxylic acids is 2. The summed E-state index contributed by atoms with van der Waals surface area (Å²) in [5, 5.41) is 19.5. The smallest absolute Gasteiger partial charge is 0.341 e. The van der Waals surface area contributed by atoms with E-state index in [2.05, 4.69) is 21.3 Å². The number of hydrogen-bond acceptors (Lipinski definition) is 8. The highest BCUT2D eigenvalue weighted by Gasteiger charge is 2.34. The molecule has 4 heterocycles. The van der Waals surface area contributed by atoms with Gasteiger partial charge in [0.25, 0.3) is 0 Å². The Balaban J connectivity index is 1.30. The lowest BCUT2D eigenvalue weighted by Gasteiger charge is -2.37. The van der Waals surface area contributed by atoms with Crippen LogP contribution in [0.25, 0.3) is 11.3 Å². The van der Waals surface area contributed by atoms with Gasteiger partial charge in [-0.3, -0.25) is 9.48 Å². The molecule has 14 heteroatoms. The molecule has 3 amide bonds. The average Bonchev–Trinajstić information content (AvgIpc) is 3.52. The molecule has 0 bridgehead atoms. The molecule has 198 valence electrons. The fraction of sp³-hybridized carbons (Fsp3) is 0.346. The lowest BCUT2D eigenvalue weighted by Crippen LogP contribution is -2.52. The summed E-state index contributed by atoms with van der Waals surface area (Å²) < 4.78 is 1.54. The van der Waals surface area contributed by atoms with E-state index in [4.69, 9.17) is 26.4 Å². The number of hydrogen-bond donors (Lipinski definition) is 1. The van der Waals surface area contributed by atoms with Gasteiger partial charge < -0.3 is 15.5 Å². The number of primary amides is 1. The van der Waals surface area contributed by atoms with Gasteiger partial charge >= 0.3 is 6.03 Å². The third-order valence-corrected chi connectivity index (χ3v) is 7.08. The van der Waals surface area contributed by atoms with Crippen molar-refractivity contribution in [1.29, 1.82) is 5.26 Å². The number of aryl methyl sites for hydroxylation is 1. The molecule has 3 aromatic rings. The van der Waals surface area contributed by atoms with Crippen LogP contribution < -0.4 is 21.6 Å². The van der Waals surface area contributed by atoms with Crippen molar-refractivity contribution in [3.05, 3.63) is 46.9 Å². The Morgan fingerprint density at radius 1 is 1.15 bits per heavy atom. The van der Waals surface area contributed by atoms with E-state index in [0.29, 0.717) is 66.4 Å². The van der Waals surface area contributed by atoms with Crippen LogP contribution in [-0.4, -0.2) is 89.7 Å². The molecule has 40 heavy (non-hydrogen) atoms. The van der Waals surface area contributed by atoms with E-state index in [1.807, 2.05) is 18.7 Å². The van der Waals surface area contributed by atoms with Crippen LogP contribution in [0.15, 0.2) is 29.5 Å². The van der Waals surface area contributed by atoms with Gasteiger partial charge in [0.1, 0.15) is 22.2 Å². The quantitative estimate of drug-likeness (QED) is 0.439. The maximum absolute atomic E-state index is 13.4. The summed E-state index contributed by atoms with van der Waals surface area (Å²) in [4.78, 5) is 37.8. The second kappa shape index (κ2) is 10.8. The molecule has 1 atom stereocenters. The van der Waals surface area contributed by atoms with Crippen LogP contribution in [0.3, 0.4) is 0 Å². The van der Waals surface area contributed by atoms with Gasteiger partial charge in [0.15, 0.2) is 0 Å². The van der Waals surface area contributed by atoms with Crippen molar-refractivity contribution in [1.82, 2.24) is 29.7 Å². The Labute approximate surface area is 234 Å².